The molecule has 72 valence electrons. The third kappa shape index (κ3) is 1.89. The summed E-state index contributed by atoms with van der Waals surface area (Å²) in [5.74, 6) is 7.11. The molecule has 0 amide bonds. The summed E-state index contributed by atoms with van der Waals surface area (Å²) >= 11 is 0. The molecule has 0 radical (unpaired) electrons. The molecule has 2 heteroatoms. The van der Waals surface area contributed by atoms with Crippen molar-refractivity contribution in [2.75, 3.05) is 20.2 Å². The minimum absolute atomic E-state index is 0.720. The van der Waals surface area contributed by atoms with Crippen molar-refractivity contribution in [3.8, 4) is 17.6 Å². The Morgan fingerprint density at radius 1 is 1.50 bits per heavy atom. The quantitative estimate of drug-likeness (QED) is 0.667. The minimum Gasteiger partial charge on any atom is -0.493 e. The smallest absolute Gasteiger partial charge is 0.123 e. The maximum Gasteiger partial charge on any atom is 0.123 e. The molecule has 0 bridgehead atoms. The van der Waals surface area contributed by atoms with Crippen molar-refractivity contribution in [2.24, 2.45) is 0 Å². The monoisotopic (exact) mass is 187 g/mol. The van der Waals surface area contributed by atoms with Gasteiger partial charge in [0.15, 0.2) is 0 Å². The van der Waals surface area contributed by atoms with Crippen molar-refractivity contribution in [2.45, 2.75) is 6.42 Å². The number of rotatable bonds is 1. The largest absolute Gasteiger partial charge is 0.493 e. The van der Waals surface area contributed by atoms with Crippen LogP contribution in [0.1, 0.15) is 11.1 Å². The van der Waals surface area contributed by atoms with Gasteiger partial charge in [-0.15, -0.1) is 0 Å². The molecule has 1 aliphatic heterocycles. The maximum atomic E-state index is 5.46. The Morgan fingerprint density at radius 3 is 3.29 bits per heavy atom. The Kier molecular flexibility index (Phi) is 2.71. The number of nitrogens with one attached hydrogen (secondary N) is 1. The van der Waals surface area contributed by atoms with Crippen molar-refractivity contribution in [1.82, 2.24) is 5.32 Å². The molecule has 1 aromatic rings. The van der Waals surface area contributed by atoms with Crippen LogP contribution in [0, 0.1) is 11.8 Å². The van der Waals surface area contributed by atoms with Crippen LogP contribution < -0.4 is 10.1 Å². The van der Waals surface area contributed by atoms with E-state index in [1.807, 2.05) is 13.1 Å². The first-order valence-corrected chi connectivity index (χ1v) is 4.79. The van der Waals surface area contributed by atoms with Crippen LogP contribution in [0.5, 0.6) is 5.75 Å². The van der Waals surface area contributed by atoms with Crippen molar-refractivity contribution in [3.63, 3.8) is 0 Å². The molecule has 0 aliphatic carbocycles. The lowest BCUT2D eigenvalue weighted by Gasteiger charge is -1.98. The highest BCUT2D eigenvalue weighted by atomic mass is 16.5. The second-order valence-electron chi connectivity index (χ2n) is 3.25. The van der Waals surface area contributed by atoms with Gasteiger partial charge in [-0.2, -0.15) is 0 Å². The third-order valence-electron chi connectivity index (χ3n) is 2.19. The third-order valence-corrected chi connectivity index (χ3v) is 2.19. The number of benzene rings is 1. The highest BCUT2D eigenvalue weighted by Gasteiger charge is 2.10. The SMILES string of the molecule is CNCC#Cc1ccc2c(c1)OCC2. The Hall–Kier alpha value is -1.46. The van der Waals surface area contributed by atoms with E-state index in [-0.39, 0.29) is 0 Å². The standard InChI is InChI=1S/C12H13NO/c1-13-7-2-3-10-4-5-11-6-8-14-12(11)9-10/h4-5,9,13H,6-8H2,1H3. The first-order chi connectivity index (χ1) is 6.90. The van der Waals surface area contributed by atoms with Crippen LogP contribution in [-0.2, 0) is 6.42 Å². The zero-order valence-electron chi connectivity index (χ0n) is 8.26. The molecule has 0 atom stereocenters. The van der Waals surface area contributed by atoms with Gasteiger partial charge in [0.25, 0.3) is 0 Å². The summed E-state index contributed by atoms with van der Waals surface area (Å²) in [5.41, 5.74) is 2.32. The van der Waals surface area contributed by atoms with E-state index in [1.54, 1.807) is 0 Å². The fourth-order valence-corrected chi connectivity index (χ4v) is 1.48. The van der Waals surface area contributed by atoms with Crippen molar-refractivity contribution in [3.05, 3.63) is 29.3 Å². The molecule has 0 unspecified atom stereocenters. The molecular weight excluding hydrogens is 174 g/mol. The highest BCUT2D eigenvalue weighted by Crippen LogP contribution is 2.25. The van der Waals surface area contributed by atoms with Gasteiger partial charge in [-0.25, -0.2) is 0 Å². The average Bonchev–Trinajstić information content (AvgIpc) is 2.65. The fourth-order valence-electron chi connectivity index (χ4n) is 1.48. The summed E-state index contributed by atoms with van der Waals surface area (Å²) < 4.78 is 5.46. The number of fused-ring (bicyclic) bond motifs is 1. The van der Waals surface area contributed by atoms with E-state index in [0.29, 0.717) is 0 Å². The summed E-state index contributed by atoms with van der Waals surface area (Å²) in [7, 11) is 1.89. The molecule has 0 spiro atoms. The normalized spacial score (nSPS) is 12.6. The zero-order valence-corrected chi connectivity index (χ0v) is 8.26. The van der Waals surface area contributed by atoms with Crippen LogP contribution in [-0.4, -0.2) is 20.2 Å². The Bertz CT molecular complexity index is 387. The van der Waals surface area contributed by atoms with E-state index in [2.05, 4.69) is 29.3 Å². The van der Waals surface area contributed by atoms with Gasteiger partial charge in [0.05, 0.1) is 13.2 Å². The number of hydrogen-bond acceptors (Lipinski definition) is 2. The Morgan fingerprint density at radius 2 is 2.43 bits per heavy atom. The lowest BCUT2D eigenvalue weighted by Crippen LogP contribution is -2.04. The first kappa shape index (κ1) is 9.11. The van der Waals surface area contributed by atoms with Crippen molar-refractivity contribution in [1.29, 1.82) is 0 Å². The summed E-state index contributed by atoms with van der Waals surface area (Å²) in [6.45, 7) is 1.53. The predicted molar refractivity (Wildman–Crippen MR) is 56.4 cm³/mol. The van der Waals surface area contributed by atoms with Crippen LogP contribution >= 0.6 is 0 Å². The van der Waals surface area contributed by atoms with Crippen molar-refractivity contribution >= 4 is 0 Å². The lowest BCUT2D eigenvalue weighted by molar-refractivity contribution is 0.356. The molecular formula is C12H13NO. The summed E-state index contributed by atoms with van der Waals surface area (Å²) in [6.07, 6.45) is 1.03. The Balaban J connectivity index is 2.18. The second-order valence-corrected chi connectivity index (χ2v) is 3.25. The highest BCUT2D eigenvalue weighted by molar-refractivity contribution is 5.46. The molecule has 1 aliphatic rings. The first-order valence-electron chi connectivity index (χ1n) is 4.79. The van der Waals surface area contributed by atoms with Crippen LogP contribution in [0.2, 0.25) is 0 Å². The number of hydrogen-bond donors (Lipinski definition) is 1. The van der Waals surface area contributed by atoms with E-state index in [9.17, 15) is 0 Å². The topological polar surface area (TPSA) is 21.3 Å². The molecule has 1 heterocycles. The van der Waals surface area contributed by atoms with Crippen LogP contribution in [0.4, 0.5) is 0 Å². The van der Waals surface area contributed by atoms with E-state index < -0.39 is 0 Å². The molecule has 1 aromatic carbocycles. The van der Waals surface area contributed by atoms with Gasteiger partial charge in [0.2, 0.25) is 0 Å². The van der Waals surface area contributed by atoms with E-state index >= 15 is 0 Å². The molecule has 0 saturated heterocycles. The minimum atomic E-state index is 0.720. The van der Waals surface area contributed by atoms with Gasteiger partial charge >= 0.3 is 0 Å². The van der Waals surface area contributed by atoms with Gasteiger partial charge in [-0.05, 0) is 24.7 Å². The van der Waals surface area contributed by atoms with Gasteiger partial charge < -0.3 is 10.1 Å². The predicted octanol–water partition coefficient (Wildman–Crippen LogP) is 1.19. The lowest BCUT2D eigenvalue weighted by atomic mass is 10.1. The van der Waals surface area contributed by atoms with E-state index in [0.717, 1.165) is 30.9 Å². The van der Waals surface area contributed by atoms with Crippen LogP contribution in [0.15, 0.2) is 18.2 Å². The summed E-state index contributed by atoms with van der Waals surface area (Å²) in [4.78, 5) is 0. The molecule has 0 saturated carbocycles. The van der Waals surface area contributed by atoms with Crippen LogP contribution in [0.25, 0.3) is 0 Å². The molecule has 0 fully saturated rings. The fraction of sp³-hybridized carbons (Fsp3) is 0.333. The molecule has 2 rings (SSSR count). The van der Waals surface area contributed by atoms with Crippen molar-refractivity contribution < 1.29 is 4.74 Å². The molecule has 0 aromatic heterocycles. The number of ether oxygens (including phenoxy) is 1. The van der Waals surface area contributed by atoms with E-state index in [4.69, 9.17) is 4.74 Å². The average molecular weight is 187 g/mol. The van der Waals surface area contributed by atoms with Gasteiger partial charge in [0.1, 0.15) is 5.75 Å². The van der Waals surface area contributed by atoms with Gasteiger partial charge in [0, 0.05) is 12.0 Å². The van der Waals surface area contributed by atoms with Gasteiger partial charge in [-0.1, -0.05) is 17.9 Å². The Labute approximate surface area is 84.3 Å². The molecule has 1 N–H and O–H groups in total. The molecule has 14 heavy (non-hydrogen) atoms. The van der Waals surface area contributed by atoms with Crippen LogP contribution in [0.3, 0.4) is 0 Å². The van der Waals surface area contributed by atoms with E-state index in [1.165, 1.54) is 5.56 Å². The molecule has 2 nitrogen and oxygen atoms in total. The summed E-state index contributed by atoms with van der Waals surface area (Å²) in [5, 5.41) is 2.99. The zero-order chi connectivity index (χ0) is 9.80. The second kappa shape index (κ2) is 4.17. The maximum absolute atomic E-state index is 5.46. The summed E-state index contributed by atoms with van der Waals surface area (Å²) in [6, 6.07) is 6.17. The van der Waals surface area contributed by atoms with Gasteiger partial charge in [-0.3, -0.25) is 0 Å².